The highest BCUT2D eigenvalue weighted by Crippen LogP contribution is 2.29. The molecule has 4 rings (SSSR count). The van der Waals surface area contributed by atoms with Crippen molar-refractivity contribution in [3.8, 4) is 0 Å². The van der Waals surface area contributed by atoms with Crippen molar-refractivity contribution < 1.29 is 14.3 Å². The van der Waals surface area contributed by atoms with Crippen LogP contribution < -0.4 is 16.2 Å². The highest BCUT2D eigenvalue weighted by atomic mass is 16.5. The Labute approximate surface area is 153 Å². The van der Waals surface area contributed by atoms with Crippen LogP contribution in [0.2, 0.25) is 0 Å². The van der Waals surface area contributed by atoms with Gasteiger partial charge in [-0.2, -0.15) is 0 Å². The lowest BCUT2D eigenvalue weighted by Crippen LogP contribution is -2.44. The predicted molar refractivity (Wildman–Crippen MR) is 97.6 cm³/mol. The average molecular weight is 358 g/mol. The van der Waals surface area contributed by atoms with Crippen LogP contribution in [-0.2, 0) is 11.3 Å². The van der Waals surface area contributed by atoms with Crippen LogP contribution in [0.15, 0.2) is 18.2 Å². The quantitative estimate of drug-likeness (QED) is 0.722. The molecule has 1 aliphatic carbocycles. The Morgan fingerprint density at radius 1 is 1.27 bits per heavy atom. The molecule has 1 saturated carbocycles. The molecule has 0 radical (unpaired) electrons. The number of carbonyl (C=O) groups excluding carboxylic acids is 2. The highest BCUT2D eigenvalue weighted by molar-refractivity contribution is 5.96. The number of urea groups is 1. The molecule has 3 atom stereocenters. The fraction of sp³-hybridized carbons (Fsp3) is 0.579. The molecule has 7 nitrogen and oxygen atoms in total. The number of anilines is 1. The second-order valence-corrected chi connectivity index (χ2v) is 7.56. The monoisotopic (exact) mass is 358 g/mol. The summed E-state index contributed by atoms with van der Waals surface area (Å²) in [5, 5.41) is 2.88. The zero-order valence-electron chi connectivity index (χ0n) is 15.1. The summed E-state index contributed by atoms with van der Waals surface area (Å²) in [5.74, 6) is 0.243. The third-order valence-electron chi connectivity index (χ3n) is 5.80. The van der Waals surface area contributed by atoms with E-state index in [2.05, 4.69) is 16.2 Å². The summed E-state index contributed by atoms with van der Waals surface area (Å²) in [7, 11) is 1.81. The number of nitrogens with zero attached hydrogens (tertiary/aromatic N) is 1. The maximum absolute atomic E-state index is 12.6. The second kappa shape index (κ2) is 7.25. The fourth-order valence-corrected chi connectivity index (χ4v) is 4.29. The highest BCUT2D eigenvalue weighted by Gasteiger charge is 2.37. The van der Waals surface area contributed by atoms with Gasteiger partial charge in [0.05, 0.1) is 5.56 Å². The van der Waals surface area contributed by atoms with Gasteiger partial charge in [-0.1, -0.05) is 25.3 Å². The van der Waals surface area contributed by atoms with Crippen molar-refractivity contribution >= 4 is 17.7 Å². The van der Waals surface area contributed by atoms with Gasteiger partial charge in [0.1, 0.15) is 6.61 Å². The summed E-state index contributed by atoms with van der Waals surface area (Å²) in [6.07, 6.45) is 6.26. The summed E-state index contributed by atoms with van der Waals surface area (Å²) in [5.41, 5.74) is 8.81. The Hall–Kier alpha value is -2.12. The Kier molecular flexibility index (Phi) is 4.82. The van der Waals surface area contributed by atoms with E-state index in [4.69, 9.17) is 4.74 Å². The summed E-state index contributed by atoms with van der Waals surface area (Å²) in [4.78, 5) is 25.9. The van der Waals surface area contributed by atoms with Gasteiger partial charge >= 0.3 is 12.0 Å². The topological polar surface area (TPSA) is 82.7 Å². The van der Waals surface area contributed by atoms with E-state index in [1.54, 1.807) is 11.0 Å². The maximum atomic E-state index is 12.6. The van der Waals surface area contributed by atoms with Crippen molar-refractivity contribution in [2.45, 2.75) is 50.8 Å². The lowest BCUT2D eigenvalue weighted by atomic mass is 9.90. The predicted octanol–water partition coefficient (Wildman–Crippen LogP) is 2.25. The molecule has 2 amide bonds. The maximum Gasteiger partial charge on any atom is 0.338 e. The third kappa shape index (κ3) is 3.41. The minimum absolute atomic E-state index is 0.171. The molecule has 3 unspecified atom stereocenters. The molecule has 2 heterocycles. The lowest BCUT2D eigenvalue weighted by Gasteiger charge is -2.26. The Morgan fingerprint density at radius 2 is 2.12 bits per heavy atom. The van der Waals surface area contributed by atoms with Crippen LogP contribution in [-0.4, -0.2) is 42.6 Å². The first-order chi connectivity index (χ1) is 12.6. The number of hydrogen-bond donors (Lipinski definition) is 3. The first-order valence-electron chi connectivity index (χ1n) is 9.45. The van der Waals surface area contributed by atoms with E-state index >= 15 is 0 Å². The number of esters is 1. The number of hydrazine groups is 1. The Morgan fingerprint density at radius 3 is 3.00 bits per heavy atom. The van der Waals surface area contributed by atoms with Crippen LogP contribution in [0.25, 0.3) is 0 Å². The fourth-order valence-electron chi connectivity index (χ4n) is 4.29. The van der Waals surface area contributed by atoms with Gasteiger partial charge < -0.3 is 15.0 Å². The summed E-state index contributed by atoms with van der Waals surface area (Å²) in [6, 6.07) is 5.94. The molecular weight excluding hydrogens is 332 g/mol. The number of amides is 2. The molecule has 0 spiro atoms. The number of hydrogen-bond acceptors (Lipinski definition) is 5. The van der Waals surface area contributed by atoms with Crippen molar-refractivity contribution in [2.75, 3.05) is 18.9 Å². The molecule has 1 saturated heterocycles. The molecule has 3 N–H and O–H groups in total. The average Bonchev–Trinajstić information content (AvgIpc) is 3.09. The minimum atomic E-state index is -0.329. The molecule has 140 valence electrons. The lowest BCUT2D eigenvalue weighted by molar-refractivity contribution is 0.0535. The minimum Gasteiger partial charge on any atom is -0.457 e. The van der Waals surface area contributed by atoms with Gasteiger partial charge in [-0.25, -0.2) is 9.59 Å². The van der Waals surface area contributed by atoms with Gasteiger partial charge in [0, 0.05) is 36.9 Å². The SMILES string of the molecule is CN(CC1NNC2CCCCCC21)C(=O)Nc1ccc2c(c1)C(=O)OC2. The Balaban J connectivity index is 1.36. The van der Waals surface area contributed by atoms with Crippen LogP contribution in [0.4, 0.5) is 10.5 Å². The van der Waals surface area contributed by atoms with E-state index in [-0.39, 0.29) is 18.0 Å². The number of likely N-dealkylation sites (N-methyl/N-ethyl adjacent to an activating group) is 1. The third-order valence-corrected chi connectivity index (χ3v) is 5.80. The van der Waals surface area contributed by atoms with Crippen molar-refractivity contribution in [3.63, 3.8) is 0 Å². The zero-order chi connectivity index (χ0) is 18.1. The second-order valence-electron chi connectivity index (χ2n) is 7.56. The van der Waals surface area contributed by atoms with Crippen LogP contribution in [0.3, 0.4) is 0 Å². The van der Waals surface area contributed by atoms with E-state index in [1.807, 2.05) is 19.2 Å². The molecule has 2 aliphatic heterocycles. The number of carbonyl (C=O) groups is 2. The molecule has 0 bridgehead atoms. The molecule has 26 heavy (non-hydrogen) atoms. The first-order valence-corrected chi connectivity index (χ1v) is 9.45. The van der Waals surface area contributed by atoms with Crippen LogP contribution in [0, 0.1) is 5.92 Å². The zero-order valence-corrected chi connectivity index (χ0v) is 15.1. The van der Waals surface area contributed by atoms with Gasteiger partial charge in [0.2, 0.25) is 0 Å². The molecule has 7 heteroatoms. The van der Waals surface area contributed by atoms with Crippen molar-refractivity contribution in [1.29, 1.82) is 0 Å². The number of fused-ring (bicyclic) bond motifs is 2. The van der Waals surface area contributed by atoms with Crippen LogP contribution >= 0.6 is 0 Å². The molecule has 2 fully saturated rings. The molecule has 0 aromatic heterocycles. The number of cyclic esters (lactones) is 1. The molecule has 1 aromatic rings. The first kappa shape index (κ1) is 17.3. The molecule has 3 aliphatic rings. The van der Waals surface area contributed by atoms with Crippen LogP contribution in [0.5, 0.6) is 0 Å². The number of benzene rings is 1. The molecule has 1 aromatic carbocycles. The van der Waals surface area contributed by atoms with E-state index in [9.17, 15) is 9.59 Å². The summed E-state index contributed by atoms with van der Waals surface area (Å²) in [6.45, 7) is 0.957. The van der Waals surface area contributed by atoms with Gasteiger partial charge in [-0.15, -0.1) is 0 Å². The van der Waals surface area contributed by atoms with E-state index in [0.717, 1.165) is 5.56 Å². The standard InChI is InChI=1S/C19H26N4O3/c1-23(10-17-14-5-3-2-4-6-16(14)21-22-17)19(25)20-13-8-7-12-11-26-18(24)15(12)9-13/h7-9,14,16-17,21-22H,2-6,10-11H2,1H3,(H,20,25). The smallest absolute Gasteiger partial charge is 0.338 e. The van der Waals surface area contributed by atoms with Crippen LogP contribution in [0.1, 0.15) is 48.0 Å². The van der Waals surface area contributed by atoms with E-state index in [0.29, 0.717) is 36.4 Å². The number of ether oxygens (including phenoxy) is 1. The van der Waals surface area contributed by atoms with Gasteiger partial charge in [0.25, 0.3) is 0 Å². The van der Waals surface area contributed by atoms with Gasteiger partial charge in [-0.3, -0.25) is 10.9 Å². The molecular formula is C19H26N4O3. The number of rotatable bonds is 3. The van der Waals surface area contributed by atoms with Crippen molar-refractivity contribution in [3.05, 3.63) is 29.3 Å². The van der Waals surface area contributed by atoms with E-state index in [1.165, 1.54) is 32.1 Å². The van der Waals surface area contributed by atoms with Crippen molar-refractivity contribution in [1.82, 2.24) is 15.8 Å². The number of nitrogens with one attached hydrogen (secondary N) is 3. The van der Waals surface area contributed by atoms with Gasteiger partial charge in [0.15, 0.2) is 0 Å². The normalized spacial score (nSPS) is 27.3. The van der Waals surface area contributed by atoms with Crippen molar-refractivity contribution in [2.24, 2.45) is 5.92 Å². The summed E-state index contributed by atoms with van der Waals surface area (Å²) < 4.78 is 5.00. The van der Waals surface area contributed by atoms with Gasteiger partial charge in [-0.05, 0) is 30.9 Å². The summed E-state index contributed by atoms with van der Waals surface area (Å²) >= 11 is 0. The Bertz CT molecular complexity index is 708. The largest absolute Gasteiger partial charge is 0.457 e. The van der Waals surface area contributed by atoms with E-state index < -0.39 is 0 Å².